The van der Waals surface area contributed by atoms with Gasteiger partial charge in [0.05, 0.1) is 23.7 Å². The lowest BCUT2D eigenvalue weighted by Crippen LogP contribution is -2.22. The number of rotatable bonds is 3. The fourth-order valence-electron chi connectivity index (χ4n) is 3.07. The van der Waals surface area contributed by atoms with E-state index in [1.165, 1.54) is 0 Å². The number of methoxy groups -OCH3 is 1. The van der Waals surface area contributed by atoms with Gasteiger partial charge < -0.3 is 4.74 Å². The number of fused-ring (bicyclic) bond motifs is 1. The quantitative estimate of drug-likeness (QED) is 0.555. The van der Waals surface area contributed by atoms with Crippen molar-refractivity contribution < 1.29 is 4.74 Å². The first kappa shape index (κ1) is 16.1. The van der Waals surface area contributed by atoms with E-state index in [-0.39, 0.29) is 5.56 Å². The molecule has 0 aliphatic carbocycles. The Labute approximate surface area is 151 Å². The van der Waals surface area contributed by atoms with Crippen LogP contribution in [0.1, 0.15) is 5.56 Å². The summed E-state index contributed by atoms with van der Waals surface area (Å²) in [6.07, 6.45) is 0. The molecule has 0 aliphatic rings. The molecule has 1 aromatic heterocycles. The highest BCUT2D eigenvalue weighted by molar-refractivity contribution is 5.80. The number of benzene rings is 3. The van der Waals surface area contributed by atoms with Gasteiger partial charge in [-0.25, -0.2) is 4.98 Å². The zero-order chi connectivity index (χ0) is 18.1. The van der Waals surface area contributed by atoms with Gasteiger partial charge in [-0.05, 0) is 61.0 Å². The van der Waals surface area contributed by atoms with Crippen molar-refractivity contribution in [1.82, 2.24) is 9.55 Å². The van der Waals surface area contributed by atoms with Gasteiger partial charge in [0.25, 0.3) is 5.56 Å². The minimum absolute atomic E-state index is 0.0768. The molecule has 0 N–H and O–H groups in total. The van der Waals surface area contributed by atoms with Crippen molar-refractivity contribution in [3.05, 3.63) is 88.7 Å². The number of aromatic nitrogens is 2. The molecule has 26 heavy (non-hydrogen) atoms. The highest BCUT2D eigenvalue weighted by Gasteiger charge is 2.14. The summed E-state index contributed by atoms with van der Waals surface area (Å²) in [4.78, 5) is 18.0. The van der Waals surface area contributed by atoms with Crippen molar-refractivity contribution in [3.8, 4) is 22.8 Å². The van der Waals surface area contributed by atoms with Gasteiger partial charge in [-0.3, -0.25) is 9.36 Å². The second kappa shape index (κ2) is 6.48. The minimum atomic E-state index is -0.0768. The van der Waals surface area contributed by atoms with E-state index in [0.29, 0.717) is 16.7 Å². The van der Waals surface area contributed by atoms with E-state index >= 15 is 0 Å². The van der Waals surface area contributed by atoms with Crippen LogP contribution in [0.25, 0.3) is 28.0 Å². The third-order valence-electron chi connectivity index (χ3n) is 4.38. The first-order chi connectivity index (χ1) is 12.7. The van der Waals surface area contributed by atoms with Gasteiger partial charge in [0.2, 0.25) is 0 Å². The smallest absolute Gasteiger partial charge is 0.266 e. The van der Waals surface area contributed by atoms with Crippen molar-refractivity contribution in [3.63, 3.8) is 0 Å². The molecule has 0 atom stereocenters. The lowest BCUT2D eigenvalue weighted by molar-refractivity contribution is 0.415. The van der Waals surface area contributed by atoms with E-state index in [1.807, 2.05) is 79.7 Å². The molecule has 0 amide bonds. The maximum atomic E-state index is 13.3. The summed E-state index contributed by atoms with van der Waals surface area (Å²) in [5, 5.41) is 0.603. The Bertz CT molecular complexity index is 1140. The molecule has 0 bridgehead atoms. The van der Waals surface area contributed by atoms with E-state index < -0.39 is 0 Å². The number of ether oxygens (including phenoxy) is 1. The second-order valence-corrected chi connectivity index (χ2v) is 6.16. The van der Waals surface area contributed by atoms with Crippen LogP contribution in [-0.2, 0) is 0 Å². The first-order valence-electron chi connectivity index (χ1n) is 8.40. The Morgan fingerprint density at radius 2 is 1.69 bits per heavy atom. The van der Waals surface area contributed by atoms with Crippen LogP contribution in [0.3, 0.4) is 0 Å². The molecule has 0 aliphatic heterocycles. The van der Waals surface area contributed by atoms with Crippen LogP contribution in [0, 0.1) is 6.92 Å². The van der Waals surface area contributed by atoms with Gasteiger partial charge in [0.1, 0.15) is 11.6 Å². The molecule has 0 saturated heterocycles. The Kier molecular flexibility index (Phi) is 4.01. The van der Waals surface area contributed by atoms with Gasteiger partial charge in [0, 0.05) is 5.56 Å². The van der Waals surface area contributed by atoms with Crippen molar-refractivity contribution in [2.45, 2.75) is 6.92 Å². The minimum Gasteiger partial charge on any atom is -0.497 e. The standard InChI is InChI=1S/C22H18N2O2/c1-15-6-5-7-17(14-15)24-21(16-10-12-18(26-2)13-11-16)23-20-9-4-3-8-19(20)22(24)25/h3-14H,1-2H3. The SMILES string of the molecule is COc1ccc(-c2nc3ccccc3c(=O)n2-c2cccc(C)c2)cc1. The normalized spacial score (nSPS) is 10.8. The van der Waals surface area contributed by atoms with E-state index in [9.17, 15) is 4.79 Å². The van der Waals surface area contributed by atoms with Crippen LogP contribution < -0.4 is 10.3 Å². The molecule has 4 heteroatoms. The molecule has 0 unspecified atom stereocenters. The predicted octanol–water partition coefficient (Wildman–Crippen LogP) is 4.37. The molecule has 4 rings (SSSR count). The zero-order valence-electron chi connectivity index (χ0n) is 14.6. The predicted molar refractivity (Wildman–Crippen MR) is 104 cm³/mol. The number of hydrogen-bond donors (Lipinski definition) is 0. The van der Waals surface area contributed by atoms with E-state index in [1.54, 1.807) is 11.7 Å². The van der Waals surface area contributed by atoms with E-state index in [0.717, 1.165) is 22.6 Å². The number of aryl methyl sites for hydroxylation is 1. The topological polar surface area (TPSA) is 44.1 Å². The van der Waals surface area contributed by atoms with Crippen LogP contribution in [0.5, 0.6) is 5.75 Å². The van der Waals surface area contributed by atoms with Gasteiger partial charge in [-0.1, -0.05) is 24.3 Å². The van der Waals surface area contributed by atoms with Crippen LogP contribution in [0.15, 0.2) is 77.6 Å². The Hall–Kier alpha value is -3.40. The van der Waals surface area contributed by atoms with Gasteiger partial charge in [-0.15, -0.1) is 0 Å². The van der Waals surface area contributed by atoms with Gasteiger partial charge >= 0.3 is 0 Å². The van der Waals surface area contributed by atoms with Crippen LogP contribution in [0.4, 0.5) is 0 Å². The summed E-state index contributed by atoms with van der Waals surface area (Å²) < 4.78 is 6.92. The Morgan fingerprint density at radius 3 is 2.42 bits per heavy atom. The lowest BCUT2D eigenvalue weighted by Gasteiger charge is -2.14. The van der Waals surface area contributed by atoms with Crippen molar-refractivity contribution in [1.29, 1.82) is 0 Å². The maximum absolute atomic E-state index is 13.3. The lowest BCUT2D eigenvalue weighted by atomic mass is 10.1. The summed E-state index contributed by atoms with van der Waals surface area (Å²) >= 11 is 0. The molecular formula is C22H18N2O2. The zero-order valence-corrected chi connectivity index (χ0v) is 14.6. The summed E-state index contributed by atoms with van der Waals surface area (Å²) in [5.74, 6) is 1.38. The summed E-state index contributed by atoms with van der Waals surface area (Å²) in [5.41, 5.74) is 3.36. The summed E-state index contributed by atoms with van der Waals surface area (Å²) in [6.45, 7) is 2.01. The van der Waals surface area contributed by atoms with E-state index in [2.05, 4.69) is 0 Å². The molecule has 0 fully saturated rings. The Balaban J connectivity index is 2.06. The monoisotopic (exact) mass is 342 g/mol. The third kappa shape index (κ3) is 2.75. The Morgan fingerprint density at radius 1 is 0.923 bits per heavy atom. The molecule has 1 heterocycles. The fourth-order valence-corrected chi connectivity index (χ4v) is 3.07. The molecule has 4 aromatic rings. The van der Waals surface area contributed by atoms with Crippen LogP contribution >= 0.6 is 0 Å². The average molecular weight is 342 g/mol. The van der Waals surface area contributed by atoms with E-state index in [4.69, 9.17) is 9.72 Å². The van der Waals surface area contributed by atoms with Crippen LogP contribution in [-0.4, -0.2) is 16.7 Å². The molecule has 0 radical (unpaired) electrons. The second-order valence-electron chi connectivity index (χ2n) is 6.16. The van der Waals surface area contributed by atoms with Crippen molar-refractivity contribution in [2.75, 3.05) is 7.11 Å². The van der Waals surface area contributed by atoms with Gasteiger partial charge in [-0.2, -0.15) is 0 Å². The summed E-state index contributed by atoms with van der Waals surface area (Å²) in [7, 11) is 1.63. The average Bonchev–Trinajstić information content (AvgIpc) is 2.68. The highest BCUT2D eigenvalue weighted by Crippen LogP contribution is 2.24. The number of nitrogens with zero attached hydrogens (tertiary/aromatic N) is 2. The van der Waals surface area contributed by atoms with Gasteiger partial charge in [0.15, 0.2) is 0 Å². The molecular weight excluding hydrogens is 324 g/mol. The number of para-hydroxylation sites is 1. The molecule has 0 spiro atoms. The molecule has 4 nitrogen and oxygen atoms in total. The highest BCUT2D eigenvalue weighted by atomic mass is 16.5. The maximum Gasteiger partial charge on any atom is 0.266 e. The number of hydrogen-bond acceptors (Lipinski definition) is 3. The van der Waals surface area contributed by atoms with Crippen molar-refractivity contribution >= 4 is 10.9 Å². The van der Waals surface area contributed by atoms with Crippen LogP contribution in [0.2, 0.25) is 0 Å². The molecule has 3 aromatic carbocycles. The molecule has 128 valence electrons. The fraction of sp³-hybridized carbons (Fsp3) is 0.0909. The molecule has 0 saturated carbocycles. The summed E-state index contributed by atoms with van der Waals surface area (Å²) in [6, 6.07) is 22.9. The largest absolute Gasteiger partial charge is 0.497 e. The third-order valence-corrected chi connectivity index (χ3v) is 4.38. The first-order valence-corrected chi connectivity index (χ1v) is 8.40. The van der Waals surface area contributed by atoms with Crippen molar-refractivity contribution in [2.24, 2.45) is 0 Å².